The van der Waals surface area contributed by atoms with Gasteiger partial charge in [0.2, 0.25) is 0 Å². The molecule has 284 valence electrons. The minimum absolute atomic E-state index is 0. The summed E-state index contributed by atoms with van der Waals surface area (Å²) in [5.41, 5.74) is 1.82. The van der Waals surface area contributed by atoms with Crippen LogP contribution in [-0.4, -0.2) is 115 Å². The van der Waals surface area contributed by atoms with E-state index < -0.39 is 30.7 Å². The fourth-order valence-corrected chi connectivity index (χ4v) is 4.31. The molecule has 4 bridgehead atoms. The summed E-state index contributed by atoms with van der Waals surface area (Å²) in [7, 11) is -14.8. The molecule has 26 heteroatoms. The van der Waals surface area contributed by atoms with Crippen molar-refractivity contribution in [2.24, 2.45) is 0 Å². The molecule has 0 saturated heterocycles. The van der Waals surface area contributed by atoms with E-state index >= 15 is 0 Å². The van der Waals surface area contributed by atoms with Crippen LogP contribution in [0.3, 0.4) is 0 Å². The number of para-hydroxylation sites is 1. The maximum absolute atomic E-state index is 13.3. The Balaban J connectivity index is -0.00000109. The molecule has 3 rings (SSSR count). The first-order valence-electron chi connectivity index (χ1n) is 14.6. The topological polar surface area (TPSA) is 378 Å². The third-order valence-corrected chi connectivity index (χ3v) is 6.30. The zero-order valence-electron chi connectivity index (χ0n) is 27.7. The first-order chi connectivity index (χ1) is 22.3. The maximum Gasteiger partial charge on any atom is 2.00 e. The molecular weight excluding hydrogens is 845 g/mol. The van der Waals surface area contributed by atoms with E-state index in [0.29, 0.717) is 13.1 Å². The number of nitrogens with zero attached hydrogens (tertiary/aromatic N) is 2. The van der Waals surface area contributed by atoms with Gasteiger partial charge in [-0.1, -0.05) is 23.9 Å². The molecule has 1 aromatic carbocycles. The van der Waals surface area contributed by atoms with Gasteiger partial charge in [0.25, 0.3) is 0 Å². The average molecular weight is 891 g/mol. The van der Waals surface area contributed by atoms with Gasteiger partial charge in [-0.25, -0.2) is 55.9 Å². The Labute approximate surface area is 323 Å². The molecule has 0 aliphatic carbocycles. The SMILES string of the molecule is [O-][Cl+3]([O-])([O-])[O-].[O-][Cl+3]([O-])([O-])[O-].[O-][Cl+3]([O-])([O-])[O-].[O-]c1c2cccc1CN1CCNCCNCCNCCN(CCNCCNCCNCC1)C2.[Zn+2].[Zn+2]. The first kappa shape index (κ1) is 54.7. The van der Waals surface area contributed by atoms with Gasteiger partial charge in [-0.05, 0) is 11.1 Å². The van der Waals surface area contributed by atoms with Gasteiger partial charge >= 0.3 is 39.0 Å². The van der Waals surface area contributed by atoms with Gasteiger partial charge in [-0.3, -0.25) is 9.80 Å². The summed E-state index contributed by atoms with van der Waals surface area (Å²) in [6.07, 6.45) is 0. The fourth-order valence-electron chi connectivity index (χ4n) is 4.31. The van der Waals surface area contributed by atoms with Crippen molar-refractivity contribution in [2.75, 3.05) is 105 Å². The zero-order valence-corrected chi connectivity index (χ0v) is 35.9. The number of hydrogen-bond acceptors (Lipinski definition) is 21. The van der Waals surface area contributed by atoms with E-state index in [1.165, 1.54) is 0 Å². The second-order valence-corrected chi connectivity index (χ2v) is 12.4. The van der Waals surface area contributed by atoms with E-state index in [9.17, 15) is 5.11 Å². The molecular formula is C24H45Cl3N8O13Zn2. The largest absolute Gasteiger partial charge is 2.00 e. The molecule has 0 unspecified atom stereocenters. The molecule has 0 fully saturated rings. The summed E-state index contributed by atoms with van der Waals surface area (Å²) in [4.78, 5) is 4.80. The monoisotopic (exact) mass is 886 g/mol. The van der Waals surface area contributed by atoms with Crippen molar-refractivity contribution in [3.63, 3.8) is 0 Å². The number of halogens is 3. The summed E-state index contributed by atoms with van der Waals surface area (Å²) in [5, 5.41) is 34.5. The Kier molecular flexibility index (Phi) is 34.6. The van der Waals surface area contributed by atoms with Crippen molar-refractivity contribution in [1.29, 1.82) is 0 Å². The third kappa shape index (κ3) is 42.7. The molecule has 0 radical (unpaired) electrons. The van der Waals surface area contributed by atoms with Gasteiger partial charge in [0.1, 0.15) is 0 Å². The van der Waals surface area contributed by atoms with E-state index in [0.717, 1.165) is 116 Å². The van der Waals surface area contributed by atoms with Gasteiger partial charge in [0, 0.05) is 118 Å². The second kappa shape index (κ2) is 31.7. The van der Waals surface area contributed by atoms with Crippen LogP contribution in [0.5, 0.6) is 5.75 Å². The predicted molar refractivity (Wildman–Crippen MR) is 134 cm³/mol. The number of hydrogen-bond donors (Lipinski definition) is 6. The van der Waals surface area contributed by atoms with Crippen molar-refractivity contribution in [3.05, 3.63) is 29.3 Å². The average Bonchev–Trinajstić information content (AvgIpc) is 2.92. The molecule has 21 nitrogen and oxygen atoms in total. The quantitative estimate of drug-likeness (QED) is 0.132. The van der Waals surface area contributed by atoms with Crippen LogP contribution in [0.2, 0.25) is 0 Å². The Morgan fingerprint density at radius 2 is 0.600 bits per heavy atom. The van der Waals surface area contributed by atoms with Gasteiger partial charge < -0.3 is 37.0 Å². The van der Waals surface area contributed by atoms with Crippen LogP contribution in [-0.2, 0) is 52.0 Å². The summed E-state index contributed by atoms with van der Waals surface area (Å²) in [6, 6.07) is 6.08. The van der Waals surface area contributed by atoms with Crippen molar-refractivity contribution in [3.8, 4) is 5.75 Å². The fraction of sp³-hybridized carbons (Fsp3) is 0.750. The molecule has 6 N–H and O–H groups in total. The van der Waals surface area contributed by atoms with Crippen LogP contribution in [0.4, 0.5) is 0 Å². The van der Waals surface area contributed by atoms with Crippen LogP contribution in [0.15, 0.2) is 18.2 Å². The van der Waals surface area contributed by atoms with E-state index in [2.05, 4.69) is 47.8 Å². The van der Waals surface area contributed by atoms with Gasteiger partial charge in [0.15, 0.2) is 0 Å². The predicted octanol–water partition coefficient (Wildman–Crippen LogP) is -16.3. The molecule has 0 spiro atoms. The van der Waals surface area contributed by atoms with Crippen molar-refractivity contribution in [1.82, 2.24) is 41.7 Å². The van der Waals surface area contributed by atoms with Crippen molar-refractivity contribution in [2.45, 2.75) is 13.1 Å². The molecule has 2 aliphatic heterocycles. The number of nitrogens with one attached hydrogen (secondary N) is 6. The molecule has 0 amide bonds. The summed E-state index contributed by atoms with van der Waals surface area (Å²) in [5.74, 6) is 0.213. The van der Waals surface area contributed by atoms with E-state index in [1.54, 1.807) is 0 Å². The van der Waals surface area contributed by atoms with Crippen LogP contribution in [0.25, 0.3) is 0 Å². The summed E-state index contributed by atoms with van der Waals surface area (Å²) >= 11 is 0. The third-order valence-electron chi connectivity index (χ3n) is 6.30. The molecule has 1 aromatic rings. The van der Waals surface area contributed by atoms with Crippen molar-refractivity contribution >= 4 is 0 Å². The van der Waals surface area contributed by atoms with E-state index in [-0.39, 0.29) is 44.7 Å². The molecule has 0 atom stereocenters. The summed E-state index contributed by atoms with van der Waals surface area (Å²) in [6.45, 7) is 16.6. The number of benzene rings is 1. The Bertz CT molecular complexity index is 826. The Morgan fingerprint density at radius 1 is 0.400 bits per heavy atom. The Hall–Kier alpha value is 0.337. The van der Waals surface area contributed by atoms with Crippen LogP contribution in [0.1, 0.15) is 11.1 Å². The molecule has 0 aromatic heterocycles. The smallest absolute Gasteiger partial charge is 0.872 e. The standard InChI is InChI=1S/C24H46N8O.3ClHO4.2Zn/c33-24-22-2-1-3-23(24)21-32-18-14-29-10-6-25-4-8-27-12-16-31(20-22)17-13-28-9-5-26-7-11-30-15-19-32;3*2-1(3,4)5;;/h1-3,25-30,33H,4-21H2;3*(H,2,3,4,5);;/q;;;;2*+2/p-4. The number of fused-ring (bicyclic) bond motifs is 2. The molecule has 50 heavy (non-hydrogen) atoms. The van der Waals surface area contributed by atoms with Gasteiger partial charge in [-0.2, -0.15) is 0 Å². The summed E-state index contributed by atoms with van der Waals surface area (Å²) < 4.78 is 102. The maximum atomic E-state index is 13.3. The van der Waals surface area contributed by atoms with Crippen LogP contribution in [0, 0.1) is 30.7 Å². The minimum atomic E-state index is -4.94. The molecule has 2 aliphatic rings. The van der Waals surface area contributed by atoms with E-state index in [1.807, 2.05) is 12.1 Å². The molecule has 2 heterocycles. The first-order valence-corrected chi connectivity index (χ1v) is 18.4. The van der Waals surface area contributed by atoms with Crippen molar-refractivity contribution < 1.29 is 131 Å². The minimum Gasteiger partial charge on any atom is -0.872 e. The van der Waals surface area contributed by atoms with Gasteiger partial charge in [0.05, 0.1) is 0 Å². The number of rotatable bonds is 0. The normalized spacial score (nSPS) is 21.0. The van der Waals surface area contributed by atoms with Crippen LogP contribution >= 0.6 is 0 Å². The zero-order chi connectivity index (χ0) is 36.5. The van der Waals surface area contributed by atoms with Gasteiger partial charge in [-0.15, -0.1) is 30.7 Å². The Morgan fingerprint density at radius 3 is 0.820 bits per heavy atom. The van der Waals surface area contributed by atoms with E-state index in [4.69, 9.17) is 55.9 Å². The molecule has 0 saturated carbocycles. The second-order valence-electron chi connectivity index (χ2n) is 10.1. The van der Waals surface area contributed by atoms with Crippen LogP contribution < -0.4 is 92.9 Å².